The van der Waals surface area contributed by atoms with Gasteiger partial charge in [-0.05, 0) is 57.9 Å². The molecule has 1 amide bonds. The van der Waals surface area contributed by atoms with Gasteiger partial charge < -0.3 is 14.6 Å². The van der Waals surface area contributed by atoms with E-state index in [1.165, 1.54) is 19.1 Å². The summed E-state index contributed by atoms with van der Waals surface area (Å²) in [6.45, 7) is 5.26. The highest BCUT2D eigenvalue weighted by Gasteiger charge is 2.29. The fraction of sp³-hybridized carbons (Fsp3) is 0.368. The number of ether oxygens (including phenoxy) is 1. The molecule has 3 rings (SSSR count). The summed E-state index contributed by atoms with van der Waals surface area (Å²) in [6.07, 6.45) is 1.15. The molecule has 0 bridgehead atoms. The SMILES string of the molecule is Cc1cc(C(=O)O[C@@H](C)C(=O)Nc2ccc(Cl)cc2F)c(C)n1C1CC1. The van der Waals surface area contributed by atoms with Gasteiger partial charge >= 0.3 is 5.97 Å². The second kappa shape index (κ2) is 7.11. The third-order valence-electron chi connectivity index (χ3n) is 4.46. The Morgan fingerprint density at radius 1 is 1.31 bits per heavy atom. The molecule has 0 spiro atoms. The summed E-state index contributed by atoms with van der Waals surface area (Å²) in [5.74, 6) is -1.84. The minimum atomic E-state index is -1.07. The quantitative estimate of drug-likeness (QED) is 0.783. The Labute approximate surface area is 156 Å². The monoisotopic (exact) mass is 378 g/mol. The largest absolute Gasteiger partial charge is 0.449 e. The van der Waals surface area contributed by atoms with Gasteiger partial charge in [-0.15, -0.1) is 0 Å². The minimum absolute atomic E-state index is 0.0192. The van der Waals surface area contributed by atoms with E-state index in [1.54, 1.807) is 6.07 Å². The lowest BCUT2D eigenvalue weighted by atomic mass is 10.2. The number of rotatable bonds is 5. The fourth-order valence-electron chi connectivity index (χ4n) is 2.98. The minimum Gasteiger partial charge on any atom is -0.449 e. The van der Waals surface area contributed by atoms with Crippen LogP contribution in [0.5, 0.6) is 0 Å². The van der Waals surface area contributed by atoms with Crippen LogP contribution >= 0.6 is 11.6 Å². The van der Waals surface area contributed by atoms with Crippen LogP contribution in [0.4, 0.5) is 10.1 Å². The standard InChI is InChI=1S/C19H20ClFN2O3/c1-10-8-15(11(2)23(10)14-5-6-14)19(25)26-12(3)18(24)22-17-7-4-13(20)9-16(17)21/h4,7-9,12,14H,5-6H2,1-3H3,(H,22,24)/t12-/m0/s1. The summed E-state index contributed by atoms with van der Waals surface area (Å²) < 4.78 is 21.2. The van der Waals surface area contributed by atoms with E-state index in [9.17, 15) is 14.0 Å². The molecule has 138 valence electrons. The van der Waals surface area contributed by atoms with Crippen LogP contribution in [0.2, 0.25) is 5.02 Å². The maximum Gasteiger partial charge on any atom is 0.340 e. The molecule has 1 heterocycles. The molecule has 0 radical (unpaired) electrons. The number of aromatic nitrogens is 1. The molecule has 1 fully saturated rings. The van der Waals surface area contributed by atoms with E-state index >= 15 is 0 Å². The molecule has 5 nitrogen and oxygen atoms in total. The third kappa shape index (κ3) is 3.75. The number of esters is 1. The molecule has 0 unspecified atom stereocenters. The second-order valence-corrected chi connectivity index (χ2v) is 6.98. The van der Waals surface area contributed by atoms with Crippen molar-refractivity contribution < 1.29 is 18.7 Å². The zero-order valence-corrected chi connectivity index (χ0v) is 15.6. The van der Waals surface area contributed by atoms with Crippen molar-refractivity contribution in [1.82, 2.24) is 4.57 Å². The van der Waals surface area contributed by atoms with Crippen molar-refractivity contribution in [1.29, 1.82) is 0 Å². The van der Waals surface area contributed by atoms with Crippen molar-refractivity contribution in [3.8, 4) is 0 Å². The van der Waals surface area contributed by atoms with Crippen LogP contribution in [-0.4, -0.2) is 22.5 Å². The van der Waals surface area contributed by atoms with E-state index in [1.807, 2.05) is 13.8 Å². The van der Waals surface area contributed by atoms with E-state index < -0.39 is 23.8 Å². The Bertz CT molecular complexity index is 874. The Hall–Kier alpha value is -2.34. The Morgan fingerprint density at radius 2 is 2.00 bits per heavy atom. The highest BCUT2D eigenvalue weighted by atomic mass is 35.5. The molecule has 7 heteroatoms. The lowest BCUT2D eigenvalue weighted by Gasteiger charge is -2.14. The summed E-state index contributed by atoms with van der Waals surface area (Å²) >= 11 is 5.68. The van der Waals surface area contributed by atoms with Gasteiger partial charge in [0.2, 0.25) is 0 Å². The molecule has 1 aliphatic carbocycles. The van der Waals surface area contributed by atoms with Crippen molar-refractivity contribution in [2.45, 2.75) is 45.8 Å². The third-order valence-corrected chi connectivity index (χ3v) is 4.69. The first kappa shape index (κ1) is 18.5. The Kier molecular flexibility index (Phi) is 5.05. The number of hydrogen-bond acceptors (Lipinski definition) is 3. The molecule has 26 heavy (non-hydrogen) atoms. The van der Waals surface area contributed by atoms with Gasteiger partial charge in [0.05, 0.1) is 11.3 Å². The lowest BCUT2D eigenvalue weighted by Crippen LogP contribution is -2.30. The summed E-state index contributed by atoms with van der Waals surface area (Å²) in [6, 6.07) is 6.14. The molecule has 1 aromatic heterocycles. The molecule has 1 N–H and O–H groups in total. The average molecular weight is 379 g/mol. The van der Waals surface area contributed by atoms with Crippen molar-refractivity contribution in [3.05, 3.63) is 52.1 Å². The predicted molar refractivity (Wildman–Crippen MR) is 97.1 cm³/mol. The van der Waals surface area contributed by atoms with Gasteiger partial charge in [-0.2, -0.15) is 0 Å². The van der Waals surface area contributed by atoms with Crippen LogP contribution in [0, 0.1) is 19.7 Å². The van der Waals surface area contributed by atoms with Crippen LogP contribution in [0.1, 0.15) is 47.6 Å². The van der Waals surface area contributed by atoms with Crippen LogP contribution < -0.4 is 5.32 Å². The second-order valence-electron chi connectivity index (χ2n) is 6.55. The van der Waals surface area contributed by atoms with Gasteiger partial charge in [0.25, 0.3) is 5.91 Å². The van der Waals surface area contributed by atoms with Gasteiger partial charge in [0, 0.05) is 22.5 Å². The van der Waals surface area contributed by atoms with Crippen molar-refractivity contribution in [3.63, 3.8) is 0 Å². The first-order valence-electron chi connectivity index (χ1n) is 8.43. The molecule has 1 aliphatic rings. The van der Waals surface area contributed by atoms with Crippen molar-refractivity contribution >= 4 is 29.2 Å². The maximum absolute atomic E-state index is 13.8. The Morgan fingerprint density at radius 3 is 2.62 bits per heavy atom. The predicted octanol–water partition coefficient (Wildman–Crippen LogP) is 4.42. The maximum atomic E-state index is 13.8. The number of benzene rings is 1. The van der Waals surface area contributed by atoms with Gasteiger partial charge in [-0.3, -0.25) is 4.79 Å². The smallest absolute Gasteiger partial charge is 0.340 e. The number of carbonyl (C=O) groups excluding carboxylic acids is 2. The van der Waals surface area contributed by atoms with E-state index in [0.717, 1.165) is 30.3 Å². The number of nitrogens with one attached hydrogen (secondary N) is 1. The zero-order valence-electron chi connectivity index (χ0n) is 14.8. The van der Waals surface area contributed by atoms with Crippen LogP contribution in [0.25, 0.3) is 0 Å². The topological polar surface area (TPSA) is 60.3 Å². The summed E-state index contributed by atoms with van der Waals surface area (Å²) in [7, 11) is 0. The highest BCUT2D eigenvalue weighted by molar-refractivity contribution is 6.30. The van der Waals surface area contributed by atoms with Crippen LogP contribution in [-0.2, 0) is 9.53 Å². The number of nitrogens with zero attached hydrogens (tertiary/aromatic N) is 1. The van der Waals surface area contributed by atoms with E-state index in [-0.39, 0.29) is 10.7 Å². The van der Waals surface area contributed by atoms with Gasteiger partial charge in [-0.1, -0.05) is 11.6 Å². The molecule has 1 atom stereocenters. The zero-order chi connectivity index (χ0) is 19.0. The molecular weight excluding hydrogens is 359 g/mol. The van der Waals surface area contributed by atoms with E-state index in [4.69, 9.17) is 16.3 Å². The summed E-state index contributed by atoms with van der Waals surface area (Å²) in [5, 5.41) is 2.63. The van der Waals surface area contributed by atoms with E-state index in [2.05, 4.69) is 9.88 Å². The van der Waals surface area contributed by atoms with Gasteiger partial charge in [0.15, 0.2) is 6.10 Å². The van der Waals surface area contributed by atoms with Crippen LogP contribution in [0.15, 0.2) is 24.3 Å². The first-order valence-corrected chi connectivity index (χ1v) is 8.81. The number of aryl methyl sites for hydroxylation is 1. The number of carbonyl (C=O) groups is 2. The number of amides is 1. The van der Waals surface area contributed by atoms with Crippen molar-refractivity contribution in [2.24, 2.45) is 0 Å². The number of hydrogen-bond donors (Lipinski definition) is 1. The van der Waals surface area contributed by atoms with Gasteiger partial charge in [-0.25, -0.2) is 9.18 Å². The lowest BCUT2D eigenvalue weighted by molar-refractivity contribution is -0.123. The number of anilines is 1. The fourth-order valence-corrected chi connectivity index (χ4v) is 3.14. The molecule has 0 aliphatic heterocycles. The molecule has 0 saturated heterocycles. The summed E-state index contributed by atoms with van der Waals surface area (Å²) in [5.41, 5.74) is 2.27. The average Bonchev–Trinajstić information content (AvgIpc) is 3.35. The Balaban J connectivity index is 1.67. The molecule has 1 saturated carbocycles. The molecular formula is C19H20ClFN2O3. The molecule has 1 aromatic carbocycles. The number of halogens is 2. The van der Waals surface area contributed by atoms with Crippen molar-refractivity contribution in [2.75, 3.05) is 5.32 Å². The van der Waals surface area contributed by atoms with E-state index in [0.29, 0.717) is 11.6 Å². The first-order chi connectivity index (χ1) is 12.3. The summed E-state index contributed by atoms with van der Waals surface area (Å²) in [4.78, 5) is 24.6. The van der Waals surface area contributed by atoms with Crippen LogP contribution in [0.3, 0.4) is 0 Å². The van der Waals surface area contributed by atoms with Gasteiger partial charge in [0.1, 0.15) is 5.82 Å². The molecule has 2 aromatic rings. The highest BCUT2D eigenvalue weighted by Crippen LogP contribution is 2.38. The normalized spacial score (nSPS) is 14.8.